The number of nitrogens with two attached hydrogens (primary N) is 1. The molecule has 1 unspecified atom stereocenters. The van der Waals surface area contributed by atoms with E-state index in [1.165, 1.54) is 0 Å². The van der Waals surface area contributed by atoms with E-state index < -0.39 is 0 Å². The van der Waals surface area contributed by atoms with Crippen molar-refractivity contribution < 1.29 is 9.47 Å². The number of hydrogen-bond acceptors (Lipinski definition) is 5. The molecule has 0 amide bonds. The van der Waals surface area contributed by atoms with Crippen molar-refractivity contribution in [3.8, 4) is 11.5 Å². The second-order valence-electron chi connectivity index (χ2n) is 4.45. The van der Waals surface area contributed by atoms with Crippen LogP contribution in [0, 0.1) is 0 Å². The molecule has 2 N–H and O–H groups in total. The lowest BCUT2D eigenvalue weighted by molar-refractivity contribution is 0.241. The molecule has 0 fully saturated rings. The molecule has 0 bridgehead atoms. The second-order valence-corrected chi connectivity index (χ2v) is 5.40. The zero-order chi connectivity index (χ0) is 13.8. The summed E-state index contributed by atoms with van der Waals surface area (Å²) in [5, 5.41) is 1.97. The molecule has 0 saturated carbocycles. The van der Waals surface area contributed by atoms with Gasteiger partial charge in [-0.25, -0.2) is 0 Å². The van der Waals surface area contributed by atoms with Crippen LogP contribution in [0.1, 0.15) is 30.3 Å². The average Bonchev–Trinajstić information content (AvgIpc) is 2.85. The number of nitrogens with zero attached hydrogens (tertiary/aromatic N) is 1. The molecule has 2 aromatic heterocycles. The van der Waals surface area contributed by atoms with Gasteiger partial charge in [-0.05, 0) is 36.9 Å². The number of aromatic nitrogens is 1. The molecule has 0 aromatic carbocycles. The van der Waals surface area contributed by atoms with E-state index in [1.54, 1.807) is 30.8 Å². The van der Waals surface area contributed by atoms with Crippen molar-refractivity contribution >= 4 is 11.3 Å². The minimum absolute atomic E-state index is 0.115. The summed E-state index contributed by atoms with van der Waals surface area (Å²) in [7, 11) is 1.65. The van der Waals surface area contributed by atoms with Gasteiger partial charge >= 0.3 is 0 Å². The van der Waals surface area contributed by atoms with Crippen LogP contribution in [0.2, 0.25) is 0 Å². The third-order valence-electron chi connectivity index (χ3n) is 2.62. The first-order valence-corrected chi connectivity index (χ1v) is 6.98. The van der Waals surface area contributed by atoms with Crippen LogP contribution in [0.25, 0.3) is 0 Å². The summed E-state index contributed by atoms with van der Waals surface area (Å²) in [6, 6.07) is 3.59. The lowest BCUT2D eigenvalue weighted by Crippen LogP contribution is -2.12. The van der Waals surface area contributed by atoms with Crippen LogP contribution in [0.3, 0.4) is 0 Å². The summed E-state index contributed by atoms with van der Waals surface area (Å²) in [6.07, 6.45) is 3.57. The van der Waals surface area contributed by atoms with Crippen LogP contribution >= 0.6 is 11.3 Å². The Labute approximate surface area is 117 Å². The minimum atomic E-state index is -0.252. The Morgan fingerprint density at radius 1 is 1.32 bits per heavy atom. The van der Waals surface area contributed by atoms with Crippen LogP contribution in [0.15, 0.2) is 29.9 Å². The summed E-state index contributed by atoms with van der Waals surface area (Å²) in [5.41, 5.74) is 7.19. The minimum Gasteiger partial charge on any atom is -0.496 e. The van der Waals surface area contributed by atoms with Crippen molar-refractivity contribution in [3.05, 3.63) is 40.3 Å². The average molecular weight is 278 g/mol. The maximum absolute atomic E-state index is 6.27. The Kier molecular flexibility index (Phi) is 4.39. The first-order valence-electron chi connectivity index (χ1n) is 6.10. The fourth-order valence-corrected chi connectivity index (χ4v) is 2.69. The van der Waals surface area contributed by atoms with Gasteiger partial charge in [-0.1, -0.05) is 0 Å². The van der Waals surface area contributed by atoms with E-state index in [9.17, 15) is 0 Å². The Morgan fingerprint density at radius 3 is 2.79 bits per heavy atom. The zero-order valence-electron chi connectivity index (χ0n) is 11.3. The van der Waals surface area contributed by atoms with Gasteiger partial charge in [0.2, 0.25) is 0 Å². The van der Waals surface area contributed by atoms with Crippen molar-refractivity contribution in [1.82, 2.24) is 4.98 Å². The normalized spacial score (nSPS) is 12.5. The third kappa shape index (κ3) is 3.24. The van der Waals surface area contributed by atoms with E-state index in [4.69, 9.17) is 15.2 Å². The van der Waals surface area contributed by atoms with Crippen LogP contribution in [-0.2, 0) is 0 Å². The SMILES string of the molecule is COc1ccsc1C(N)c1cncc(OC(C)C)c1. The fourth-order valence-electron chi connectivity index (χ4n) is 1.80. The lowest BCUT2D eigenvalue weighted by Gasteiger charge is -2.14. The maximum Gasteiger partial charge on any atom is 0.138 e. The molecule has 19 heavy (non-hydrogen) atoms. The molecule has 0 spiro atoms. The third-order valence-corrected chi connectivity index (χ3v) is 3.61. The first kappa shape index (κ1) is 13.8. The van der Waals surface area contributed by atoms with Crippen molar-refractivity contribution in [2.75, 3.05) is 7.11 Å². The Hall–Kier alpha value is -1.59. The fraction of sp³-hybridized carbons (Fsp3) is 0.357. The van der Waals surface area contributed by atoms with E-state index in [0.717, 1.165) is 21.9 Å². The van der Waals surface area contributed by atoms with Gasteiger partial charge in [-0.2, -0.15) is 0 Å². The van der Waals surface area contributed by atoms with E-state index in [0.29, 0.717) is 0 Å². The van der Waals surface area contributed by atoms with Crippen molar-refractivity contribution in [2.45, 2.75) is 26.0 Å². The van der Waals surface area contributed by atoms with Crippen LogP contribution < -0.4 is 15.2 Å². The molecule has 1 atom stereocenters. The van der Waals surface area contributed by atoms with Crippen LogP contribution in [-0.4, -0.2) is 18.2 Å². The predicted molar refractivity (Wildman–Crippen MR) is 76.9 cm³/mol. The molecule has 5 heteroatoms. The van der Waals surface area contributed by atoms with Crippen LogP contribution in [0.4, 0.5) is 0 Å². The van der Waals surface area contributed by atoms with Gasteiger partial charge in [0.1, 0.15) is 11.5 Å². The Balaban J connectivity index is 2.26. The molecule has 2 heterocycles. The number of rotatable bonds is 5. The highest BCUT2D eigenvalue weighted by atomic mass is 32.1. The topological polar surface area (TPSA) is 57.4 Å². The lowest BCUT2D eigenvalue weighted by atomic mass is 10.1. The van der Waals surface area contributed by atoms with Crippen molar-refractivity contribution in [1.29, 1.82) is 0 Å². The molecular formula is C14H18N2O2S. The van der Waals surface area contributed by atoms with Gasteiger partial charge in [0.25, 0.3) is 0 Å². The number of pyridine rings is 1. The molecular weight excluding hydrogens is 260 g/mol. The van der Waals surface area contributed by atoms with Gasteiger partial charge in [0, 0.05) is 6.20 Å². The summed E-state index contributed by atoms with van der Waals surface area (Å²) < 4.78 is 10.9. The zero-order valence-corrected chi connectivity index (χ0v) is 12.1. The monoisotopic (exact) mass is 278 g/mol. The van der Waals surface area contributed by atoms with Gasteiger partial charge < -0.3 is 15.2 Å². The quantitative estimate of drug-likeness (QED) is 0.913. The largest absolute Gasteiger partial charge is 0.496 e. The maximum atomic E-state index is 6.27. The van der Waals surface area contributed by atoms with E-state index in [-0.39, 0.29) is 12.1 Å². The van der Waals surface area contributed by atoms with Crippen LogP contribution in [0.5, 0.6) is 11.5 Å². The molecule has 2 aromatic rings. The Morgan fingerprint density at radius 2 is 2.11 bits per heavy atom. The number of methoxy groups -OCH3 is 1. The predicted octanol–water partition coefficient (Wildman–Crippen LogP) is 2.99. The van der Waals surface area contributed by atoms with Gasteiger partial charge in [0.15, 0.2) is 0 Å². The van der Waals surface area contributed by atoms with Crippen molar-refractivity contribution in [3.63, 3.8) is 0 Å². The molecule has 2 rings (SSSR count). The molecule has 0 aliphatic rings. The second kappa shape index (κ2) is 6.04. The first-order chi connectivity index (χ1) is 9.11. The number of hydrogen-bond donors (Lipinski definition) is 1. The molecule has 0 saturated heterocycles. The molecule has 4 nitrogen and oxygen atoms in total. The van der Waals surface area contributed by atoms with Crippen molar-refractivity contribution in [2.24, 2.45) is 5.73 Å². The smallest absolute Gasteiger partial charge is 0.138 e. The van der Waals surface area contributed by atoms with E-state index >= 15 is 0 Å². The summed E-state index contributed by atoms with van der Waals surface area (Å²) >= 11 is 1.58. The summed E-state index contributed by atoms with van der Waals surface area (Å²) in [6.45, 7) is 3.96. The Bertz CT molecular complexity index is 540. The van der Waals surface area contributed by atoms with Gasteiger partial charge in [-0.3, -0.25) is 4.98 Å². The summed E-state index contributed by atoms with van der Waals surface area (Å²) in [5.74, 6) is 1.55. The highest BCUT2D eigenvalue weighted by molar-refractivity contribution is 7.10. The molecule has 0 radical (unpaired) electrons. The highest BCUT2D eigenvalue weighted by Gasteiger charge is 2.16. The number of ether oxygens (including phenoxy) is 2. The molecule has 0 aliphatic carbocycles. The summed E-state index contributed by atoms with van der Waals surface area (Å²) in [4.78, 5) is 5.17. The highest BCUT2D eigenvalue weighted by Crippen LogP contribution is 2.33. The molecule has 102 valence electrons. The number of thiophene rings is 1. The standard InChI is InChI=1S/C14H18N2O2S/c1-9(2)18-11-6-10(7-16-8-11)13(15)14-12(17-3)4-5-19-14/h4-9,13H,15H2,1-3H3. The van der Waals surface area contributed by atoms with Gasteiger partial charge in [-0.15, -0.1) is 11.3 Å². The van der Waals surface area contributed by atoms with E-state index in [2.05, 4.69) is 4.98 Å². The van der Waals surface area contributed by atoms with Gasteiger partial charge in [0.05, 0.1) is 30.3 Å². The molecule has 0 aliphatic heterocycles. The van der Waals surface area contributed by atoms with E-state index in [1.807, 2.05) is 31.4 Å².